The van der Waals surface area contributed by atoms with Gasteiger partial charge in [0.25, 0.3) is 5.91 Å². The molecule has 0 fully saturated rings. The highest BCUT2D eigenvalue weighted by Gasteiger charge is 2.25. The van der Waals surface area contributed by atoms with Crippen LogP contribution < -0.4 is 5.32 Å². The minimum absolute atomic E-state index is 0.239. The first-order valence-corrected chi connectivity index (χ1v) is 5.15. The number of carboxylic acids is 1. The van der Waals surface area contributed by atoms with Crippen LogP contribution in [0.4, 0.5) is 0 Å². The Morgan fingerprint density at radius 3 is 2.76 bits per heavy atom. The van der Waals surface area contributed by atoms with Gasteiger partial charge >= 0.3 is 5.97 Å². The Kier molecular flexibility index (Phi) is 3.13. The first kappa shape index (κ1) is 11.3. The number of aromatic nitrogens is 2. The third kappa shape index (κ3) is 2.66. The van der Waals surface area contributed by atoms with E-state index in [1.807, 2.05) is 0 Å². The van der Waals surface area contributed by atoms with Gasteiger partial charge in [0.1, 0.15) is 0 Å². The van der Waals surface area contributed by atoms with E-state index in [1.54, 1.807) is 18.2 Å². The highest BCUT2D eigenvalue weighted by molar-refractivity contribution is 5.94. The minimum atomic E-state index is -0.872. The van der Waals surface area contributed by atoms with Gasteiger partial charge in [-0.1, -0.05) is 12.2 Å². The van der Waals surface area contributed by atoms with Crippen molar-refractivity contribution in [2.75, 3.05) is 0 Å². The third-order valence-corrected chi connectivity index (χ3v) is 2.56. The van der Waals surface area contributed by atoms with Crippen molar-refractivity contribution >= 4 is 11.9 Å². The van der Waals surface area contributed by atoms with Gasteiger partial charge in [0.05, 0.1) is 23.9 Å². The summed E-state index contributed by atoms with van der Waals surface area (Å²) in [5.41, 5.74) is 0.409. The number of hydrogen-bond acceptors (Lipinski definition) is 4. The predicted molar refractivity (Wildman–Crippen MR) is 58.2 cm³/mol. The molecule has 1 aromatic heterocycles. The minimum Gasteiger partial charge on any atom is -0.481 e. The largest absolute Gasteiger partial charge is 0.481 e. The summed E-state index contributed by atoms with van der Waals surface area (Å²) < 4.78 is 0. The van der Waals surface area contributed by atoms with E-state index in [0.717, 1.165) is 0 Å². The molecule has 2 N–H and O–H groups in total. The first-order valence-electron chi connectivity index (χ1n) is 5.15. The Hall–Kier alpha value is -2.24. The molecule has 1 heterocycles. The summed E-state index contributed by atoms with van der Waals surface area (Å²) in [6.45, 7) is 0. The number of hydrogen-bond donors (Lipinski definition) is 2. The molecule has 0 radical (unpaired) electrons. The van der Waals surface area contributed by atoms with Crippen LogP contribution >= 0.6 is 0 Å². The zero-order valence-corrected chi connectivity index (χ0v) is 8.91. The standard InChI is InChI=1S/C11H11N3O3/c15-10(8-3-4-12-13-6-8)14-9-2-1-7(5-9)11(16)17/h1-4,6-7,9H,5H2,(H,14,15)(H,16,17). The van der Waals surface area contributed by atoms with E-state index < -0.39 is 11.9 Å². The number of carboxylic acid groups (broad SMARTS) is 1. The van der Waals surface area contributed by atoms with Gasteiger partial charge in [0.15, 0.2) is 0 Å². The van der Waals surface area contributed by atoms with Crippen molar-refractivity contribution in [1.82, 2.24) is 15.5 Å². The summed E-state index contributed by atoms with van der Waals surface area (Å²) in [5.74, 6) is -1.67. The Balaban J connectivity index is 1.94. The molecule has 2 atom stereocenters. The molecule has 2 rings (SSSR count). The molecule has 6 heteroatoms. The smallest absolute Gasteiger partial charge is 0.310 e. The highest BCUT2D eigenvalue weighted by atomic mass is 16.4. The van der Waals surface area contributed by atoms with E-state index in [1.165, 1.54) is 12.4 Å². The number of nitrogens with one attached hydrogen (secondary N) is 1. The maximum absolute atomic E-state index is 11.7. The molecule has 17 heavy (non-hydrogen) atoms. The SMILES string of the molecule is O=C(NC1C=CC(C(=O)O)C1)c1ccnnc1. The van der Waals surface area contributed by atoms with Gasteiger partial charge in [0.2, 0.25) is 0 Å². The fourth-order valence-corrected chi connectivity index (χ4v) is 1.67. The van der Waals surface area contributed by atoms with Crippen molar-refractivity contribution in [1.29, 1.82) is 0 Å². The number of rotatable bonds is 3. The van der Waals surface area contributed by atoms with E-state index in [-0.39, 0.29) is 11.9 Å². The molecule has 0 aliphatic heterocycles. The molecule has 2 unspecified atom stereocenters. The Morgan fingerprint density at radius 1 is 1.35 bits per heavy atom. The molecule has 1 aromatic rings. The van der Waals surface area contributed by atoms with Crippen LogP contribution in [0.1, 0.15) is 16.8 Å². The van der Waals surface area contributed by atoms with Crippen molar-refractivity contribution in [3.05, 3.63) is 36.2 Å². The number of nitrogens with zero attached hydrogens (tertiary/aromatic N) is 2. The summed E-state index contributed by atoms with van der Waals surface area (Å²) >= 11 is 0. The molecule has 0 saturated heterocycles. The fraction of sp³-hybridized carbons (Fsp3) is 0.273. The molecular weight excluding hydrogens is 222 g/mol. The second-order valence-corrected chi connectivity index (χ2v) is 3.78. The van der Waals surface area contributed by atoms with Crippen LogP contribution in [0.25, 0.3) is 0 Å². The van der Waals surface area contributed by atoms with Crippen LogP contribution in [0.15, 0.2) is 30.6 Å². The van der Waals surface area contributed by atoms with E-state index in [9.17, 15) is 9.59 Å². The molecule has 0 spiro atoms. The van der Waals surface area contributed by atoms with Crippen molar-refractivity contribution in [3.63, 3.8) is 0 Å². The van der Waals surface area contributed by atoms with Crippen molar-refractivity contribution in [2.45, 2.75) is 12.5 Å². The topological polar surface area (TPSA) is 92.2 Å². The van der Waals surface area contributed by atoms with Crippen LogP contribution in [-0.4, -0.2) is 33.2 Å². The normalized spacial score (nSPS) is 22.4. The van der Waals surface area contributed by atoms with E-state index >= 15 is 0 Å². The van der Waals surface area contributed by atoms with Gasteiger partial charge in [-0.25, -0.2) is 0 Å². The molecular formula is C11H11N3O3. The van der Waals surface area contributed by atoms with Gasteiger partial charge in [-0.15, -0.1) is 0 Å². The maximum atomic E-state index is 11.7. The molecule has 6 nitrogen and oxygen atoms in total. The molecule has 0 aromatic carbocycles. The monoisotopic (exact) mass is 233 g/mol. The number of carbonyl (C=O) groups excluding carboxylic acids is 1. The van der Waals surface area contributed by atoms with Crippen LogP contribution in [0, 0.1) is 5.92 Å². The Labute approximate surface area is 97.4 Å². The van der Waals surface area contributed by atoms with Crippen LogP contribution in [0.2, 0.25) is 0 Å². The zero-order valence-electron chi connectivity index (χ0n) is 8.91. The lowest BCUT2D eigenvalue weighted by atomic mass is 10.1. The summed E-state index contributed by atoms with van der Waals surface area (Å²) in [5, 5.41) is 18.7. The second kappa shape index (κ2) is 4.73. The van der Waals surface area contributed by atoms with Crippen molar-refractivity contribution in [3.8, 4) is 0 Å². The van der Waals surface area contributed by atoms with Crippen LogP contribution in [0.5, 0.6) is 0 Å². The molecule has 1 amide bonds. The van der Waals surface area contributed by atoms with E-state index in [0.29, 0.717) is 12.0 Å². The quantitative estimate of drug-likeness (QED) is 0.729. The van der Waals surface area contributed by atoms with Gasteiger partial charge in [-0.2, -0.15) is 10.2 Å². The summed E-state index contributed by atoms with van der Waals surface area (Å²) in [7, 11) is 0. The molecule has 88 valence electrons. The van der Waals surface area contributed by atoms with Gasteiger partial charge in [0, 0.05) is 6.04 Å². The average molecular weight is 233 g/mol. The lowest BCUT2D eigenvalue weighted by Crippen LogP contribution is -2.33. The maximum Gasteiger partial charge on any atom is 0.310 e. The summed E-state index contributed by atoms with van der Waals surface area (Å²) in [4.78, 5) is 22.4. The highest BCUT2D eigenvalue weighted by Crippen LogP contribution is 2.18. The van der Waals surface area contributed by atoms with Crippen LogP contribution in [0.3, 0.4) is 0 Å². The Bertz CT molecular complexity index is 458. The van der Waals surface area contributed by atoms with Gasteiger partial charge < -0.3 is 10.4 Å². The summed E-state index contributed by atoms with van der Waals surface area (Å²) in [6.07, 6.45) is 6.48. The zero-order chi connectivity index (χ0) is 12.3. The Morgan fingerprint density at radius 2 is 2.18 bits per heavy atom. The average Bonchev–Trinajstić information content (AvgIpc) is 2.79. The van der Waals surface area contributed by atoms with E-state index in [4.69, 9.17) is 5.11 Å². The van der Waals surface area contributed by atoms with E-state index in [2.05, 4.69) is 15.5 Å². The van der Waals surface area contributed by atoms with Gasteiger partial charge in [-0.05, 0) is 12.5 Å². The third-order valence-electron chi connectivity index (χ3n) is 2.56. The lowest BCUT2D eigenvalue weighted by Gasteiger charge is -2.11. The molecule has 1 aliphatic rings. The number of amides is 1. The molecule has 1 aliphatic carbocycles. The first-order chi connectivity index (χ1) is 8.16. The number of carbonyl (C=O) groups is 2. The second-order valence-electron chi connectivity index (χ2n) is 3.78. The summed E-state index contributed by atoms with van der Waals surface area (Å²) in [6, 6.07) is 1.31. The molecule has 0 saturated carbocycles. The predicted octanol–water partition coefficient (Wildman–Crippen LogP) is 0.236. The molecule has 0 bridgehead atoms. The van der Waals surface area contributed by atoms with Crippen molar-refractivity contribution in [2.24, 2.45) is 5.92 Å². The lowest BCUT2D eigenvalue weighted by molar-refractivity contribution is -0.140. The van der Waals surface area contributed by atoms with Crippen molar-refractivity contribution < 1.29 is 14.7 Å². The van der Waals surface area contributed by atoms with Gasteiger partial charge in [-0.3, -0.25) is 9.59 Å². The fourth-order valence-electron chi connectivity index (χ4n) is 1.67. The van der Waals surface area contributed by atoms with Crippen LogP contribution in [-0.2, 0) is 4.79 Å². The number of aliphatic carboxylic acids is 1.